The molecule has 10 nitrogen and oxygen atoms in total. The molecule has 0 radical (unpaired) electrons. The van der Waals surface area contributed by atoms with Crippen LogP contribution < -0.4 is 5.32 Å². The highest BCUT2D eigenvalue weighted by molar-refractivity contribution is 7.89. The lowest BCUT2D eigenvalue weighted by Gasteiger charge is -2.26. The Labute approximate surface area is 179 Å². The maximum atomic E-state index is 12.8. The molecule has 1 aliphatic rings. The molecule has 1 fully saturated rings. The minimum atomic E-state index is -3.65. The van der Waals surface area contributed by atoms with Crippen LogP contribution in [0.3, 0.4) is 0 Å². The number of nitrogens with one attached hydrogen (secondary N) is 1. The number of ether oxygens (including phenoxy) is 1. The molecule has 0 atom stereocenters. The van der Waals surface area contributed by atoms with Gasteiger partial charge in [-0.1, -0.05) is 35.9 Å². The second kappa shape index (κ2) is 8.92. The van der Waals surface area contributed by atoms with E-state index in [1.807, 2.05) is 31.2 Å². The number of rotatable bonds is 6. The summed E-state index contributed by atoms with van der Waals surface area (Å²) >= 11 is 0. The standard InChI is InChI=1S/C20H22N6O4S/c1-15-5-7-16(8-6-15)20-22-24-26(23-20)14-19(27)21-17-3-2-4-18(13-17)31(28,29)25-9-11-30-12-10-25/h2-8,13H,9-12,14H2,1H3,(H,21,27). The van der Waals surface area contributed by atoms with Crippen molar-refractivity contribution in [3.63, 3.8) is 0 Å². The van der Waals surface area contributed by atoms with Crippen LogP contribution in [-0.2, 0) is 26.1 Å². The van der Waals surface area contributed by atoms with Gasteiger partial charge in [-0.2, -0.15) is 9.10 Å². The van der Waals surface area contributed by atoms with Crippen molar-refractivity contribution in [1.29, 1.82) is 0 Å². The predicted octanol–water partition coefficient (Wildman–Crippen LogP) is 1.31. The number of hydrogen-bond acceptors (Lipinski definition) is 7. The summed E-state index contributed by atoms with van der Waals surface area (Å²) in [6.45, 7) is 3.18. The third kappa shape index (κ3) is 4.95. The highest BCUT2D eigenvalue weighted by Crippen LogP contribution is 2.20. The van der Waals surface area contributed by atoms with Crippen LogP contribution in [0.5, 0.6) is 0 Å². The number of morpholine rings is 1. The number of anilines is 1. The number of hydrogen-bond donors (Lipinski definition) is 1. The molecule has 2 aromatic carbocycles. The minimum absolute atomic E-state index is 0.118. The van der Waals surface area contributed by atoms with Gasteiger partial charge in [-0.25, -0.2) is 8.42 Å². The number of benzene rings is 2. The first-order valence-corrected chi connectivity index (χ1v) is 11.2. The fourth-order valence-electron chi connectivity index (χ4n) is 3.13. The molecule has 3 aromatic rings. The summed E-state index contributed by atoms with van der Waals surface area (Å²) in [5.41, 5.74) is 2.30. The SMILES string of the molecule is Cc1ccc(-c2nnn(CC(=O)Nc3cccc(S(=O)(=O)N4CCOCC4)c3)n2)cc1. The van der Waals surface area contributed by atoms with E-state index in [-0.39, 0.29) is 11.4 Å². The van der Waals surface area contributed by atoms with Crippen LogP contribution in [-0.4, -0.2) is 65.1 Å². The van der Waals surface area contributed by atoms with E-state index in [9.17, 15) is 13.2 Å². The molecule has 4 rings (SSSR count). The van der Waals surface area contributed by atoms with Gasteiger partial charge in [0.1, 0.15) is 6.54 Å². The Morgan fingerprint density at radius 1 is 1.13 bits per heavy atom. The van der Waals surface area contributed by atoms with Crippen molar-refractivity contribution in [3.8, 4) is 11.4 Å². The molecule has 11 heteroatoms. The molecule has 0 spiro atoms. The zero-order chi connectivity index (χ0) is 21.8. The van der Waals surface area contributed by atoms with E-state index >= 15 is 0 Å². The van der Waals surface area contributed by atoms with Crippen LogP contribution in [0, 0.1) is 6.92 Å². The molecule has 162 valence electrons. The molecular formula is C20H22N6O4S. The minimum Gasteiger partial charge on any atom is -0.379 e. The fraction of sp³-hybridized carbons (Fsp3) is 0.300. The molecule has 1 N–H and O–H groups in total. The Morgan fingerprint density at radius 3 is 2.61 bits per heavy atom. The third-order valence-corrected chi connectivity index (χ3v) is 6.67. The van der Waals surface area contributed by atoms with Gasteiger partial charge in [0.2, 0.25) is 21.8 Å². The first-order valence-electron chi connectivity index (χ1n) is 9.74. The quantitative estimate of drug-likeness (QED) is 0.611. The van der Waals surface area contributed by atoms with Crippen LogP contribution in [0.1, 0.15) is 5.56 Å². The molecule has 31 heavy (non-hydrogen) atoms. The van der Waals surface area contributed by atoms with Crippen LogP contribution >= 0.6 is 0 Å². The zero-order valence-corrected chi connectivity index (χ0v) is 17.7. The molecule has 1 saturated heterocycles. The molecule has 2 heterocycles. The Morgan fingerprint density at radius 2 is 1.87 bits per heavy atom. The van der Waals surface area contributed by atoms with Crippen molar-refractivity contribution in [2.24, 2.45) is 0 Å². The van der Waals surface area contributed by atoms with Crippen molar-refractivity contribution < 1.29 is 17.9 Å². The molecule has 0 aliphatic carbocycles. The van der Waals surface area contributed by atoms with Crippen molar-refractivity contribution in [2.45, 2.75) is 18.4 Å². The summed E-state index contributed by atoms with van der Waals surface area (Å²) < 4.78 is 32.2. The van der Waals surface area contributed by atoms with Crippen LogP contribution in [0.2, 0.25) is 0 Å². The van der Waals surface area contributed by atoms with E-state index in [2.05, 4.69) is 20.7 Å². The van der Waals surface area contributed by atoms with E-state index in [0.717, 1.165) is 11.1 Å². The van der Waals surface area contributed by atoms with Gasteiger partial charge in [0.05, 0.1) is 18.1 Å². The Bertz CT molecular complexity index is 1170. The lowest BCUT2D eigenvalue weighted by Crippen LogP contribution is -2.40. The molecule has 1 amide bonds. The van der Waals surface area contributed by atoms with E-state index in [0.29, 0.717) is 37.8 Å². The Kier molecular flexibility index (Phi) is 6.07. The highest BCUT2D eigenvalue weighted by atomic mass is 32.2. The van der Waals surface area contributed by atoms with E-state index in [1.54, 1.807) is 12.1 Å². The van der Waals surface area contributed by atoms with Crippen LogP contribution in [0.4, 0.5) is 5.69 Å². The number of tetrazole rings is 1. The molecule has 0 saturated carbocycles. The van der Waals surface area contributed by atoms with Gasteiger partial charge in [-0.05, 0) is 30.3 Å². The maximum Gasteiger partial charge on any atom is 0.248 e. The fourth-order valence-corrected chi connectivity index (χ4v) is 4.58. The van der Waals surface area contributed by atoms with Gasteiger partial charge in [0.25, 0.3) is 0 Å². The summed E-state index contributed by atoms with van der Waals surface area (Å²) in [6, 6.07) is 13.8. The van der Waals surface area contributed by atoms with Gasteiger partial charge in [0.15, 0.2) is 0 Å². The van der Waals surface area contributed by atoms with E-state index in [1.165, 1.54) is 21.2 Å². The lowest BCUT2D eigenvalue weighted by atomic mass is 10.1. The van der Waals surface area contributed by atoms with E-state index < -0.39 is 15.9 Å². The Balaban J connectivity index is 1.42. The second-order valence-electron chi connectivity index (χ2n) is 7.10. The first kappa shape index (κ1) is 21.1. The van der Waals surface area contributed by atoms with Gasteiger partial charge >= 0.3 is 0 Å². The largest absolute Gasteiger partial charge is 0.379 e. The smallest absolute Gasteiger partial charge is 0.248 e. The monoisotopic (exact) mass is 442 g/mol. The number of amides is 1. The van der Waals surface area contributed by atoms with Crippen molar-refractivity contribution >= 4 is 21.6 Å². The summed E-state index contributed by atoms with van der Waals surface area (Å²) in [5, 5.41) is 14.8. The molecule has 1 aromatic heterocycles. The van der Waals surface area contributed by atoms with Gasteiger partial charge in [-0.3, -0.25) is 4.79 Å². The third-order valence-electron chi connectivity index (χ3n) is 4.77. The number of nitrogens with zero attached hydrogens (tertiary/aromatic N) is 5. The van der Waals surface area contributed by atoms with Crippen molar-refractivity contribution in [2.75, 3.05) is 31.6 Å². The number of sulfonamides is 1. The average molecular weight is 443 g/mol. The summed E-state index contributed by atoms with van der Waals surface area (Å²) in [5.74, 6) is 0.0279. The van der Waals surface area contributed by atoms with Crippen LogP contribution in [0.15, 0.2) is 53.4 Å². The summed E-state index contributed by atoms with van der Waals surface area (Å²) in [7, 11) is -3.65. The highest BCUT2D eigenvalue weighted by Gasteiger charge is 2.26. The zero-order valence-electron chi connectivity index (χ0n) is 16.9. The number of carbonyl (C=O) groups is 1. The number of carbonyl (C=O) groups excluding carboxylic acids is 1. The average Bonchev–Trinajstić information content (AvgIpc) is 3.23. The predicted molar refractivity (Wildman–Crippen MR) is 113 cm³/mol. The molecule has 0 unspecified atom stereocenters. The number of aromatic nitrogens is 4. The lowest BCUT2D eigenvalue weighted by molar-refractivity contribution is -0.117. The van der Waals surface area contributed by atoms with Crippen molar-refractivity contribution in [3.05, 3.63) is 54.1 Å². The van der Waals surface area contributed by atoms with Crippen molar-refractivity contribution in [1.82, 2.24) is 24.5 Å². The summed E-state index contributed by atoms with van der Waals surface area (Å²) in [6.07, 6.45) is 0. The molecule has 1 aliphatic heterocycles. The Hall–Kier alpha value is -3.15. The van der Waals surface area contributed by atoms with Gasteiger partial charge < -0.3 is 10.1 Å². The molecular weight excluding hydrogens is 420 g/mol. The number of aryl methyl sites for hydroxylation is 1. The normalized spacial score (nSPS) is 15.0. The maximum absolute atomic E-state index is 12.8. The van der Waals surface area contributed by atoms with E-state index in [4.69, 9.17) is 4.74 Å². The van der Waals surface area contributed by atoms with Gasteiger partial charge in [0, 0.05) is 24.3 Å². The second-order valence-corrected chi connectivity index (χ2v) is 9.04. The topological polar surface area (TPSA) is 119 Å². The van der Waals surface area contributed by atoms with Gasteiger partial charge in [-0.15, -0.1) is 10.2 Å². The molecule has 0 bridgehead atoms. The first-order chi connectivity index (χ1) is 14.9. The summed E-state index contributed by atoms with van der Waals surface area (Å²) in [4.78, 5) is 13.7. The van der Waals surface area contributed by atoms with Crippen LogP contribution in [0.25, 0.3) is 11.4 Å².